The number of rotatable bonds is 7. The van der Waals surface area contributed by atoms with Crippen molar-refractivity contribution in [1.82, 2.24) is 10.3 Å². The molecule has 3 N–H and O–H groups in total. The molecule has 4 heteroatoms. The molecule has 1 heterocycles. The lowest BCUT2D eigenvalue weighted by Gasteiger charge is -2.17. The summed E-state index contributed by atoms with van der Waals surface area (Å²) in [5.74, 6) is 0.823. The van der Waals surface area contributed by atoms with Crippen molar-refractivity contribution in [3.63, 3.8) is 0 Å². The SMILES string of the molecule is CCC(C)NCC(O)COc1cc(C)cc2[nH]ccc12. The Morgan fingerprint density at radius 2 is 2.20 bits per heavy atom. The lowest BCUT2D eigenvalue weighted by Crippen LogP contribution is -2.36. The van der Waals surface area contributed by atoms with Gasteiger partial charge in [0.05, 0.1) is 0 Å². The summed E-state index contributed by atoms with van der Waals surface area (Å²) in [6.45, 7) is 7.12. The van der Waals surface area contributed by atoms with Crippen LogP contribution in [0.15, 0.2) is 24.4 Å². The lowest BCUT2D eigenvalue weighted by atomic mass is 10.1. The molecule has 0 bridgehead atoms. The molecule has 2 atom stereocenters. The van der Waals surface area contributed by atoms with Crippen LogP contribution in [0.25, 0.3) is 10.9 Å². The van der Waals surface area contributed by atoms with E-state index in [1.807, 2.05) is 25.3 Å². The number of ether oxygens (including phenoxy) is 1. The number of aliphatic hydroxyl groups is 1. The Morgan fingerprint density at radius 1 is 1.40 bits per heavy atom. The standard InChI is InChI=1S/C16H24N2O2/c1-4-12(3)18-9-13(19)10-20-16-8-11(2)7-15-14(16)5-6-17-15/h5-8,12-13,17-19H,4,9-10H2,1-3H3. The van der Waals surface area contributed by atoms with Gasteiger partial charge in [-0.2, -0.15) is 0 Å². The van der Waals surface area contributed by atoms with Gasteiger partial charge in [-0.15, -0.1) is 0 Å². The van der Waals surface area contributed by atoms with Crippen LogP contribution in [0, 0.1) is 6.92 Å². The maximum absolute atomic E-state index is 9.95. The van der Waals surface area contributed by atoms with Gasteiger partial charge in [0.2, 0.25) is 0 Å². The van der Waals surface area contributed by atoms with Gasteiger partial charge >= 0.3 is 0 Å². The van der Waals surface area contributed by atoms with Crippen LogP contribution in [0.4, 0.5) is 0 Å². The minimum absolute atomic E-state index is 0.299. The molecule has 0 radical (unpaired) electrons. The van der Waals surface area contributed by atoms with E-state index in [0.717, 1.165) is 28.6 Å². The topological polar surface area (TPSA) is 57.3 Å². The third kappa shape index (κ3) is 3.74. The Hall–Kier alpha value is -1.52. The summed E-state index contributed by atoms with van der Waals surface area (Å²) in [5.41, 5.74) is 2.20. The average molecular weight is 276 g/mol. The molecule has 2 aromatic rings. The maximum atomic E-state index is 9.95. The van der Waals surface area contributed by atoms with Gasteiger partial charge in [-0.3, -0.25) is 0 Å². The zero-order valence-corrected chi connectivity index (χ0v) is 12.4. The van der Waals surface area contributed by atoms with Crippen LogP contribution in [0.5, 0.6) is 5.75 Å². The highest BCUT2D eigenvalue weighted by Crippen LogP contribution is 2.26. The first-order valence-corrected chi connectivity index (χ1v) is 7.22. The van der Waals surface area contributed by atoms with E-state index < -0.39 is 6.10 Å². The normalized spacial score (nSPS) is 14.4. The van der Waals surface area contributed by atoms with Gasteiger partial charge in [0.25, 0.3) is 0 Å². The van der Waals surface area contributed by atoms with E-state index in [9.17, 15) is 5.11 Å². The molecule has 1 aromatic heterocycles. The first-order valence-electron chi connectivity index (χ1n) is 7.22. The molecular weight excluding hydrogens is 252 g/mol. The quantitative estimate of drug-likeness (QED) is 0.728. The minimum atomic E-state index is -0.501. The van der Waals surface area contributed by atoms with Crippen molar-refractivity contribution in [3.05, 3.63) is 30.0 Å². The third-order valence-corrected chi connectivity index (χ3v) is 3.52. The van der Waals surface area contributed by atoms with Gasteiger partial charge in [0.1, 0.15) is 18.5 Å². The van der Waals surface area contributed by atoms with Gasteiger partial charge in [-0.25, -0.2) is 0 Å². The Bertz CT molecular complexity index is 550. The molecule has 110 valence electrons. The smallest absolute Gasteiger partial charge is 0.129 e. The van der Waals surface area contributed by atoms with Gasteiger partial charge in [-0.1, -0.05) is 6.92 Å². The number of benzene rings is 1. The van der Waals surface area contributed by atoms with Crippen molar-refractivity contribution in [3.8, 4) is 5.75 Å². The molecule has 4 nitrogen and oxygen atoms in total. The highest BCUT2D eigenvalue weighted by molar-refractivity contribution is 5.86. The number of fused-ring (bicyclic) bond motifs is 1. The largest absolute Gasteiger partial charge is 0.490 e. The van der Waals surface area contributed by atoms with Gasteiger partial charge < -0.3 is 20.1 Å². The Kier molecular flexibility index (Phi) is 5.04. The van der Waals surface area contributed by atoms with E-state index in [4.69, 9.17) is 4.74 Å². The fraction of sp³-hybridized carbons (Fsp3) is 0.500. The second kappa shape index (κ2) is 6.77. The second-order valence-corrected chi connectivity index (χ2v) is 5.38. The monoisotopic (exact) mass is 276 g/mol. The van der Waals surface area contributed by atoms with Crippen LogP contribution in [0.2, 0.25) is 0 Å². The average Bonchev–Trinajstić information content (AvgIpc) is 2.90. The predicted octanol–water partition coefficient (Wildman–Crippen LogP) is 2.60. The maximum Gasteiger partial charge on any atom is 0.129 e. The number of hydrogen-bond acceptors (Lipinski definition) is 3. The van der Waals surface area contributed by atoms with Crippen molar-refractivity contribution in [2.45, 2.75) is 39.3 Å². The number of nitrogens with one attached hydrogen (secondary N) is 2. The molecule has 0 saturated heterocycles. The van der Waals surface area contributed by atoms with Crippen LogP contribution >= 0.6 is 0 Å². The van der Waals surface area contributed by atoms with Gasteiger partial charge in [0.15, 0.2) is 0 Å². The van der Waals surface area contributed by atoms with Gasteiger partial charge in [-0.05, 0) is 44.0 Å². The molecule has 1 aromatic carbocycles. The fourth-order valence-corrected chi connectivity index (χ4v) is 2.12. The molecule has 0 saturated carbocycles. The highest BCUT2D eigenvalue weighted by Gasteiger charge is 2.09. The van der Waals surface area contributed by atoms with Crippen molar-refractivity contribution >= 4 is 10.9 Å². The second-order valence-electron chi connectivity index (χ2n) is 5.38. The molecule has 0 aliphatic rings. The van der Waals surface area contributed by atoms with Crippen LogP contribution in [-0.2, 0) is 0 Å². The summed E-state index contributed by atoms with van der Waals surface area (Å²) in [4.78, 5) is 3.18. The number of aliphatic hydroxyl groups excluding tert-OH is 1. The molecule has 0 aliphatic heterocycles. The number of hydrogen-bond donors (Lipinski definition) is 3. The van der Waals surface area contributed by atoms with E-state index in [2.05, 4.69) is 30.2 Å². The highest BCUT2D eigenvalue weighted by atomic mass is 16.5. The zero-order valence-electron chi connectivity index (χ0n) is 12.4. The molecule has 2 unspecified atom stereocenters. The van der Waals surface area contributed by atoms with Crippen molar-refractivity contribution in [1.29, 1.82) is 0 Å². The van der Waals surface area contributed by atoms with Crippen LogP contribution in [0.3, 0.4) is 0 Å². The van der Waals surface area contributed by atoms with Crippen molar-refractivity contribution < 1.29 is 9.84 Å². The number of aromatic nitrogens is 1. The first-order chi connectivity index (χ1) is 9.60. The Balaban J connectivity index is 1.93. The lowest BCUT2D eigenvalue weighted by molar-refractivity contribution is 0.105. The first kappa shape index (κ1) is 14.9. The summed E-state index contributed by atoms with van der Waals surface area (Å²) in [7, 11) is 0. The third-order valence-electron chi connectivity index (χ3n) is 3.52. The van der Waals surface area contributed by atoms with E-state index in [1.54, 1.807) is 0 Å². The molecule has 0 spiro atoms. The molecule has 0 fully saturated rings. The zero-order chi connectivity index (χ0) is 14.5. The molecular formula is C16H24N2O2. The molecule has 2 rings (SSSR count). The van der Waals surface area contributed by atoms with Crippen LogP contribution in [-0.4, -0.2) is 35.4 Å². The van der Waals surface area contributed by atoms with E-state index in [-0.39, 0.29) is 0 Å². The Labute approximate surface area is 120 Å². The van der Waals surface area contributed by atoms with Crippen LogP contribution in [0.1, 0.15) is 25.8 Å². The summed E-state index contributed by atoms with van der Waals surface area (Å²) < 4.78 is 5.78. The summed E-state index contributed by atoms with van der Waals surface area (Å²) in [5, 5.41) is 14.3. The van der Waals surface area contributed by atoms with E-state index >= 15 is 0 Å². The van der Waals surface area contributed by atoms with E-state index in [0.29, 0.717) is 19.2 Å². The molecule has 0 amide bonds. The fourth-order valence-electron chi connectivity index (χ4n) is 2.12. The van der Waals surface area contributed by atoms with Crippen LogP contribution < -0.4 is 10.1 Å². The Morgan fingerprint density at radius 3 is 2.95 bits per heavy atom. The molecule has 0 aliphatic carbocycles. The van der Waals surface area contributed by atoms with Gasteiger partial charge in [0, 0.05) is 29.7 Å². The number of aryl methyl sites for hydroxylation is 1. The molecule has 20 heavy (non-hydrogen) atoms. The number of aromatic amines is 1. The van der Waals surface area contributed by atoms with E-state index in [1.165, 1.54) is 0 Å². The number of H-pyrrole nitrogens is 1. The summed E-state index contributed by atoms with van der Waals surface area (Å²) in [6, 6.07) is 6.50. The van der Waals surface area contributed by atoms with Crippen molar-refractivity contribution in [2.24, 2.45) is 0 Å². The summed E-state index contributed by atoms with van der Waals surface area (Å²) in [6.07, 6.45) is 2.45. The summed E-state index contributed by atoms with van der Waals surface area (Å²) >= 11 is 0. The van der Waals surface area contributed by atoms with Crippen molar-refractivity contribution in [2.75, 3.05) is 13.2 Å². The predicted molar refractivity (Wildman–Crippen MR) is 82.3 cm³/mol. The minimum Gasteiger partial charge on any atom is -0.490 e.